The van der Waals surface area contributed by atoms with Gasteiger partial charge in [0, 0.05) is 7.11 Å². The summed E-state index contributed by atoms with van der Waals surface area (Å²) >= 11 is 2.98. The minimum absolute atomic E-state index is 0.0823. The second-order valence-corrected chi connectivity index (χ2v) is 5.48. The van der Waals surface area contributed by atoms with Crippen molar-refractivity contribution < 1.29 is 4.74 Å². The summed E-state index contributed by atoms with van der Waals surface area (Å²) in [5.41, 5.74) is 0.377. The van der Waals surface area contributed by atoms with Crippen molar-refractivity contribution in [1.82, 2.24) is 14.5 Å². The molecule has 0 aliphatic heterocycles. The Morgan fingerprint density at radius 1 is 1.47 bits per heavy atom. The van der Waals surface area contributed by atoms with Crippen molar-refractivity contribution in [3.63, 3.8) is 0 Å². The molecule has 2 aromatic heterocycles. The normalized spacial score (nSPS) is 11.2. The van der Waals surface area contributed by atoms with Gasteiger partial charge in [-0.2, -0.15) is 0 Å². The Morgan fingerprint density at radius 3 is 2.88 bits per heavy atom. The van der Waals surface area contributed by atoms with Gasteiger partial charge < -0.3 is 4.74 Å². The minimum atomic E-state index is -0.0823. The van der Waals surface area contributed by atoms with Crippen molar-refractivity contribution in [1.29, 1.82) is 0 Å². The smallest absolute Gasteiger partial charge is 0.281 e. The van der Waals surface area contributed by atoms with E-state index in [1.807, 2.05) is 13.2 Å². The van der Waals surface area contributed by atoms with Crippen LogP contribution >= 0.6 is 23.1 Å². The van der Waals surface area contributed by atoms with E-state index in [2.05, 4.69) is 9.97 Å². The van der Waals surface area contributed by atoms with Gasteiger partial charge in [0.15, 0.2) is 14.7 Å². The lowest BCUT2D eigenvalue weighted by Gasteiger charge is -2.07. The first-order chi connectivity index (χ1) is 8.17. The topological polar surface area (TPSA) is 57.0 Å². The van der Waals surface area contributed by atoms with Crippen LogP contribution in [0.2, 0.25) is 0 Å². The molecule has 92 valence electrons. The minimum Gasteiger partial charge on any atom is -0.383 e. The molecule has 0 aliphatic rings. The SMILES string of the molecule is COCCn1c(C)nc2sc(SC)nc2c1=O. The molecule has 0 N–H and O–H groups in total. The fraction of sp³-hybridized carbons (Fsp3) is 0.500. The van der Waals surface area contributed by atoms with Crippen molar-refractivity contribution in [3.8, 4) is 0 Å². The van der Waals surface area contributed by atoms with E-state index in [9.17, 15) is 4.79 Å². The average Bonchev–Trinajstić information content (AvgIpc) is 2.72. The average molecular weight is 271 g/mol. The number of fused-ring (bicyclic) bond motifs is 1. The number of aryl methyl sites for hydroxylation is 1. The molecule has 2 aromatic rings. The molecule has 0 saturated carbocycles. The van der Waals surface area contributed by atoms with Gasteiger partial charge in [0.2, 0.25) is 0 Å². The highest BCUT2D eigenvalue weighted by Gasteiger charge is 2.12. The van der Waals surface area contributed by atoms with Gasteiger partial charge >= 0.3 is 0 Å². The first-order valence-corrected chi connectivity index (χ1v) is 7.12. The first-order valence-electron chi connectivity index (χ1n) is 5.08. The number of nitrogens with zero attached hydrogens (tertiary/aromatic N) is 3. The molecular weight excluding hydrogens is 258 g/mol. The Bertz CT molecular complexity index is 591. The molecule has 0 fully saturated rings. The molecule has 5 nitrogen and oxygen atoms in total. The van der Waals surface area contributed by atoms with E-state index in [4.69, 9.17) is 4.74 Å². The molecule has 0 aromatic carbocycles. The maximum absolute atomic E-state index is 12.2. The van der Waals surface area contributed by atoms with Gasteiger partial charge in [0.05, 0.1) is 13.2 Å². The monoisotopic (exact) mass is 271 g/mol. The van der Waals surface area contributed by atoms with E-state index in [0.29, 0.717) is 29.3 Å². The fourth-order valence-electron chi connectivity index (χ4n) is 1.52. The highest BCUT2D eigenvalue weighted by Crippen LogP contribution is 2.24. The summed E-state index contributed by atoms with van der Waals surface area (Å²) < 4.78 is 7.46. The third kappa shape index (κ3) is 2.36. The van der Waals surface area contributed by atoms with Crippen LogP contribution in [0.4, 0.5) is 0 Å². The zero-order chi connectivity index (χ0) is 12.4. The van der Waals surface area contributed by atoms with Crippen LogP contribution in [-0.4, -0.2) is 34.5 Å². The Kier molecular flexibility index (Phi) is 3.80. The summed E-state index contributed by atoms with van der Waals surface area (Å²) in [4.78, 5) is 21.6. The van der Waals surface area contributed by atoms with E-state index in [0.717, 1.165) is 4.34 Å². The highest BCUT2D eigenvalue weighted by molar-refractivity contribution is 8.00. The number of thioether (sulfide) groups is 1. The van der Waals surface area contributed by atoms with Gasteiger partial charge in [0.1, 0.15) is 5.82 Å². The molecule has 0 atom stereocenters. The van der Waals surface area contributed by atoms with Crippen LogP contribution in [0, 0.1) is 6.92 Å². The lowest BCUT2D eigenvalue weighted by Crippen LogP contribution is -2.25. The van der Waals surface area contributed by atoms with Gasteiger partial charge in [0.25, 0.3) is 5.56 Å². The van der Waals surface area contributed by atoms with Crippen LogP contribution in [0.5, 0.6) is 0 Å². The number of methoxy groups -OCH3 is 1. The van der Waals surface area contributed by atoms with Crippen LogP contribution < -0.4 is 5.56 Å². The van der Waals surface area contributed by atoms with E-state index in [1.165, 1.54) is 23.1 Å². The second-order valence-electron chi connectivity index (χ2n) is 3.45. The van der Waals surface area contributed by atoms with Gasteiger partial charge in [-0.25, -0.2) is 9.97 Å². The molecule has 0 bridgehead atoms. The quantitative estimate of drug-likeness (QED) is 0.789. The molecular formula is C10H13N3O2S2. The Balaban J connectivity index is 2.57. The molecule has 7 heteroatoms. The number of hydrogen-bond donors (Lipinski definition) is 0. The summed E-state index contributed by atoms with van der Waals surface area (Å²) in [7, 11) is 1.61. The molecule has 0 radical (unpaired) electrons. The van der Waals surface area contributed by atoms with Crippen LogP contribution in [-0.2, 0) is 11.3 Å². The zero-order valence-electron chi connectivity index (χ0n) is 9.89. The van der Waals surface area contributed by atoms with E-state index in [-0.39, 0.29) is 5.56 Å². The number of rotatable bonds is 4. The molecule has 2 rings (SSSR count). The highest BCUT2D eigenvalue weighted by atomic mass is 32.2. The standard InChI is InChI=1S/C10H13N3O2S2/c1-6-11-8-7(12-10(16-3)17-8)9(14)13(6)4-5-15-2/h4-5H2,1-3H3. The van der Waals surface area contributed by atoms with E-state index < -0.39 is 0 Å². The number of ether oxygens (including phenoxy) is 1. The maximum Gasteiger partial charge on any atom is 0.281 e. The maximum atomic E-state index is 12.2. The molecule has 17 heavy (non-hydrogen) atoms. The summed E-state index contributed by atoms with van der Waals surface area (Å²) in [6.07, 6.45) is 1.94. The first kappa shape index (κ1) is 12.5. The summed E-state index contributed by atoms with van der Waals surface area (Å²) in [6, 6.07) is 0. The Labute approximate surface area is 107 Å². The summed E-state index contributed by atoms with van der Waals surface area (Å²) in [5.74, 6) is 0.704. The molecule has 0 saturated heterocycles. The van der Waals surface area contributed by atoms with E-state index >= 15 is 0 Å². The lowest BCUT2D eigenvalue weighted by molar-refractivity contribution is 0.185. The van der Waals surface area contributed by atoms with Crippen LogP contribution in [0.15, 0.2) is 9.13 Å². The largest absolute Gasteiger partial charge is 0.383 e. The van der Waals surface area contributed by atoms with Crippen molar-refractivity contribution in [2.24, 2.45) is 0 Å². The molecule has 0 unspecified atom stereocenters. The Hall–Kier alpha value is -0.920. The van der Waals surface area contributed by atoms with Crippen molar-refractivity contribution >= 4 is 33.4 Å². The van der Waals surface area contributed by atoms with Gasteiger partial charge in [-0.05, 0) is 13.2 Å². The van der Waals surface area contributed by atoms with Gasteiger partial charge in [-0.3, -0.25) is 9.36 Å². The number of thiazole rings is 1. The van der Waals surface area contributed by atoms with Crippen molar-refractivity contribution in [3.05, 3.63) is 16.2 Å². The van der Waals surface area contributed by atoms with E-state index in [1.54, 1.807) is 11.7 Å². The van der Waals surface area contributed by atoms with Crippen molar-refractivity contribution in [2.75, 3.05) is 20.0 Å². The molecule has 2 heterocycles. The van der Waals surface area contributed by atoms with Crippen LogP contribution in [0.1, 0.15) is 5.82 Å². The lowest BCUT2D eigenvalue weighted by atomic mass is 10.5. The van der Waals surface area contributed by atoms with Crippen LogP contribution in [0.25, 0.3) is 10.3 Å². The Morgan fingerprint density at radius 2 is 2.24 bits per heavy atom. The molecule has 0 aliphatic carbocycles. The molecule has 0 spiro atoms. The molecule has 0 amide bonds. The summed E-state index contributed by atoms with van der Waals surface area (Å²) in [5, 5.41) is 0. The number of hydrogen-bond acceptors (Lipinski definition) is 6. The fourth-order valence-corrected chi connectivity index (χ4v) is 2.99. The predicted molar refractivity (Wildman–Crippen MR) is 70.1 cm³/mol. The third-order valence-corrected chi connectivity index (χ3v) is 4.32. The second kappa shape index (κ2) is 5.16. The third-order valence-electron chi connectivity index (χ3n) is 2.38. The van der Waals surface area contributed by atoms with Crippen LogP contribution in [0.3, 0.4) is 0 Å². The predicted octanol–water partition coefficient (Wildman–Crippen LogP) is 1.53. The number of aromatic nitrogens is 3. The summed E-state index contributed by atoms with van der Waals surface area (Å²) in [6.45, 7) is 2.83. The zero-order valence-corrected chi connectivity index (χ0v) is 11.5. The van der Waals surface area contributed by atoms with Gasteiger partial charge in [-0.15, -0.1) is 0 Å². The van der Waals surface area contributed by atoms with Crippen molar-refractivity contribution in [2.45, 2.75) is 17.8 Å². The van der Waals surface area contributed by atoms with Gasteiger partial charge in [-0.1, -0.05) is 23.1 Å².